The van der Waals surface area contributed by atoms with E-state index >= 15 is 0 Å². The van der Waals surface area contributed by atoms with Crippen molar-refractivity contribution in [1.29, 1.82) is 0 Å². The average Bonchev–Trinajstić information content (AvgIpc) is 2.49. The summed E-state index contributed by atoms with van der Waals surface area (Å²) >= 11 is 0. The summed E-state index contributed by atoms with van der Waals surface area (Å²) in [5.74, 6) is -2.03. The summed E-state index contributed by atoms with van der Waals surface area (Å²) in [5, 5.41) is 24.5. The molecule has 1 atom stereocenters. The standard InChI is InChI=1S/C14H11F2N3O4/c1-8(9-2-4-11(15)12(16)6-9)17-13-5-3-10(18(20)21)7-14(13)19(22)23/h2-8,17H,1H3/t8-/m0/s1. The van der Waals surface area contributed by atoms with Gasteiger partial charge in [-0.05, 0) is 30.7 Å². The van der Waals surface area contributed by atoms with Crippen molar-refractivity contribution in [3.05, 3.63) is 73.8 Å². The van der Waals surface area contributed by atoms with Crippen LogP contribution in [0.5, 0.6) is 0 Å². The molecule has 2 rings (SSSR count). The van der Waals surface area contributed by atoms with E-state index in [1.54, 1.807) is 6.92 Å². The summed E-state index contributed by atoms with van der Waals surface area (Å²) in [6.45, 7) is 1.60. The van der Waals surface area contributed by atoms with E-state index in [0.717, 1.165) is 24.3 Å². The fraction of sp³-hybridized carbons (Fsp3) is 0.143. The van der Waals surface area contributed by atoms with E-state index in [9.17, 15) is 29.0 Å². The first kappa shape index (κ1) is 16.3. The molecule has 9 heteroatoms. The zero-order chi connectivity index (χ0) is 17.1. The van der Waals surface area contributed by atoms with Gasteiger partial charge in [0.25, 0.3) is 11.4 Å². The van der Waals surface area contributed by atoms with E-state index in [1.165, 1.54) is 12.1 Å². The van der Waals surface area contributed by atoms with Gasteiger partial charge in [-0.25, -0.2) is 8.78 Å². The van der Waals surface area contributed by atoms with Crippen molar-refractivity contribution in [3.8, 4) is 0 Å². The van der Waals surface area contributed by atoms with Crippen LogP contribution in [0.25, 0.3) is 0 Å². The Hall–Kier alpha value is -3.10. The van der Waals surface area contributed by atoms with Crippen molar-refractivity contribution >= 4 is 17.1 Å². The molecule has 2 aromatic carbocycles. The maximum absolute atomic E-state index is 13.2. The summed E-state index contributed by atoms with van der Waals surface area (Å²) in [4.78, 5) is 20.2. The van der Waals surface area contributed by atoms with Gasteiger partial charge in [0, 0.05) is 12.1 Å². The zero-order valence-electron chi connectivity index (χ0n) is 11.8. The average molecular weight is 323 g/mol. The van der Waals surface area contributed by atoms with Crippen LogP contribution in [0.3, 0.4) is 0 Å². The predicted octanol–water partition coefficient (Wildman–Crippen LogP) is 3.95. The van der Waals surface area contributed by atoms with Gasteiger partial charge in [0.1, 0.15) is 5.69 Å². The number of nitrogens with zero attached hydrogens (tertiary/aromatic N) is 2. The number of halogens is 2. The fourth-order valence-corrected chi connectivity index (χ4v) is 2.01. The number of rotatable bonds is 5. The predicted molar refractivity (Wildman–Crippen MR) is 78.1 cm³/mol. The van der Waals surface area contributed by atoms with Crippen LogP contribution in [0.15, 0.2) is 36.4 Å². The zero-order valence-corrected chi connectivity index (χ0v) is 11.8. The molecular formula is C14H11F2N3O4. The minimum Gasteiger partial charge on any atom is -0.373 e. The van der Waals surface area contributed by atoms with Crippen molar-refractivity contribution < 1.29 is 18.6 Å². The Labute approximate surface area is 128 Å². The van der Waals surface area contributed by atoms with Gasteiger partial charge >= 0.3 is 0 Å². The molecule has 0 unspecified atom stereocenters. The highest BCUT2D eigenvalue weighted by molar-refractivity contribution is 5.66. The second-order valence-corrected chi connectivity index (χ2v) is 4.76. The van der Waals surface area contributed by atoms with Gasteiger partial charge in [-0.15, -0.1) is 0 Å². The maximum atomic E-state index is 13.2. The lowest BCUT2D eigenvalue weighted by Crippen LogP contribution is -2.09. The molecule has 0 fully saturated rings. The van der Waals surface area contributed by atoms with Crippen LogP contribution in [0, 0.1) is 31.9 Å². The highest BCUT2D eigenvalue weighted by atomic mass is 19.2. The Kier molecular flexibility index (Phi) is 4.49. The Bertz CT molecular complexity index is 783. The monoisotopic (exact) mass is 323 g/mol. The lowest BCUT2D eigenvalue weighted by Gasteiger charge is -2.16. The molecular weight excluding hydrogens is 312 g/mol. The number of non-ortho nitro benzene ring substituents is 1. The molecule has 0 spiro atoms. The fourth-order valence-electron chi connectivity index (χ4n) is 2.01. The quantitative estimate of drug-likeness (QED) is 0.663. The Balaban J connectivity index is 2.33. The Morgan fingerprint density at radius 3 is 2.26 bits per heavy atom. The van der Waals surface area contributed by atoms with Gasteiger partial charge in [0.2, 0.25) is 0 Å². The van der Waals surface area contributed by atoms with Crippen molar-refractivity contribution in [1.82, 2.24) is 0 Å². The smallest absolute Gasteiger partial charge is 0.299 e. The number of nitro groups is 2. The lowest BCUT2D eigenvalue weighted by molar-refractivity contribution is -0.393. The van der Waals surface area contributed by atoms with E-state index in [1.807, 2.05) is 0 Å². The number of hydrogen-bond donors (Lipinski definition) is 1. The van der Waals surface area contributed by atoms with Gasteiger partial charge in [-0.1, -0.05) is 6.07 Å². The SMILES string of the molecule is C[C@H](Nc1ccc([N+](=O)[O-])cc1[N+](=O)[O-])c1ccc(F)c(F)c1. The molecule has 0 heterocycles. The summed E-state index contributed by atoms with van der Waals surface area (Å²) in [6.07, 6.45) is 0. The molecule has 0 aliphatic carbocycles. The van der Waals surface area contributed by atoms with Crippen LogP contribution in [0.4, 0.5) is 25.8 Å². The third-order valence-corrected chi connectivity index (χ3v) is 3.20. The van der Waals surface area contributed by atoms with Crippen molar-refractivity contribution in [2.45, 2.75) is 13.0 Å². The summed E-state index contributed by atoms with van der Waals surface area (Å²) < 4.78 is 26.2. The molecule has 0 bridgehead atoms. The maximum Gasteiger partial charge on any atom is 0.299 e. The molecule has 0 aliphatic rings. The number of benzene rings is 2. The van der Waals surface area contributed by atoms with Gasteiger partial charge < -0.3 is 5.32 Å². The molecule has 2 aromatic rings. The largest absolute Gasteiger partial charge is 0.373 e. The highest BCUT2D eigenvalue weighted by Crippen LogP contribution is 2.31. The van der Waals surface area contributed by atoms with Crippen LogP contribution in [-0.2, 0) is 0 Å². The van der Waals surface area contributed by atoms with Crippen molar-refractivity contribution in [2.24, 2.45) is 0 Å². The van der Waals surface area contributed by atoms with Gasteiger partial charge in [-0.2, -0.15) is 0 Å². The first-order valence-corrected chi connectivity index (χ1v) is 6.44. The molecule has 0 aliphatic heterocycles. The van der Waals surface area contributed by atoms with E-state index in [4.69, 9.17) is 0 Å². The van der Waals surface area contributed by atoms with E-state index in [2.05, 4.69) is 5.32 Å². The first-order chi connectivity index (χ1) is 10.8. The van der Waals surface area contributed by atoms with E-state index in [0.29, 0.717) is 5.56 Å². The summed E-state index contributed by atoms with van der Waals surface area (Å²) in [6, 6.07) is 5.84. The van der Waals surface area contributed by atoms with Gasteiger partial charge in [-0.3, -0.25) is 20.2 Å². The lowest BCUT2D eigenvalue weighted by atomic mass is 10.1. The van der Waals surface area contributed by atoms with Crippen molar-refractivity contribution in [2.75, 3.05) is 5.32 Å². The number of anilines is 1. The van der Waals surface area contributed by atoms with Crippen LogP contribution in [-0.4, -0.2) is 9.85 Å². The topological polar surface area (TPSA) is 98.3 Å². The third-order valence-electron chi connectivity index (χ3n) is 3.20. The summed E-state index contributed by atoms with van der Waals surface area (Å²) in [7, 11) is 0. The number of hydrogen-bond acceptors (Lipinski definition) is 5. The van der Waals surface area contributed by atoms with E-state index in [-0.39, 0.29) is 5.69 Å². The minimum absolute atomic E-state index is 0.0397. The third kappa shape index (κ3) is 3.57. The molecule has 0 amide bonds. The Morgan fingerprint density at radius 2 is 1.70 bits per heavy atom. The molecule has 7 nitrogen and oxygen atoms in total. The van der Waals surface area contributed by atoms with Crippen LogP contribution >= 0.6 is 0 Å². The highest BCUT2D eigenvalue weighted by Gasteiger charge is 2.21. The molecule has 0 saturated heterocycles. The molecule has 0 saturated carbocycles. The van der Waals surface area contributed by atoms with Crippen molar-refractivity contribution in [3.63, 3.8) is 0 Å². The number of nitro benzene ring substituents is 2. The second-order valence-electron chi connectivity index (χ2n) is 4.76. The first-order valence-electron chi connectivity index (χ1n) is 6.44. The molecule has 120 valence electrons. The molecule has 1 N–H and O–H groups in total. The second kappa shape index (κ2) is 6.34. The van der Waals surface area contributed by atoms with Crippen LogP contribution in [0.2, 0.25) is 0 Å². The normalized spacial score (nSPS) is 11.8. The Morgan fingerprint density at radius 1 is 1.00 bits per heavy atom. The summed E-state index contributed by atoms with van der Waals surface area (Å²) in [5.41, 5.74) is -0.481. The minimum atomic E-state index is -1.03. The molecule has 0 radical (unpaired) electrons. The van der Waals surface area contributed by atoms with Gasteiger partial charge in [0.05, 0.1) is 15.9 Å². The van der Waals surface area contributed by atoms with Gasteiger partial charge in [0.15, 0.2) is 11.6 Å². The van der Waals surface area contributed by atoms with Crippen LogP contribution in [0.1, 0.15) is 18.5 Å². The molecule has 23 heavy (non-hydrogen) atoms. The van der Waals surface area contributed by atoms with Crippen LogP contribution < -0.4 is 5.32 Å². The molecule has 0 aromatic heterocycles. The van der Waals surface area contributed by atoms with E-state index < -0.39 is 38.9 Å². The number of nitrogens with one attached hydrogen (secondary N) is 1.